The average molecular weight is 464 g/mol. The highest BCUT2D eigenvalue weighted by Gasteiger charge is 2.27. The molecule has 2 N–H and O–H groups in total. The molecular weight excluding hydrogens is 442 g/mol. The summed E-state index contributed by atoms with van der Waals surface area (Å²) in [7, 11) is -3.85. The van der Waals surface area contributed by atoms with Gasteiger partial charge in [0.2, 0.25) is 16.1 Å². The molecule has 1 unspecified atom stereocenters. The van der Waals surface area contributed by atoms with Crippen molar-refractivity contribution in [1.82, 2.24) is 4.57 Å². The number of benzene rings is 2. The molecule has 0 bridgehead atoms. The largest absolute Gasteiger partial charge is 0.485 e. The van der Waals surface area contributed by atoms with Crippen LogP contribution in [0.2, 0.25) is 0 Å². The molecule has 3 aromatic rings. The molecule has 164 valence electrons. The highest BCUT2D eigenvalue weighted by Crippen LogP contribution is 2.31. The lowest BCUT2D eigenvalue weighted by atomic mass is 10.2. The van der Waals surface area contributed by atoms with Crippen LogP contribution in [0.15, 0.2) is 52.4 Å². The van der Waals surface area contributed by atoms with Crippen LogP contribution in [0.25, 0.3) is 10.2 Å². The van der Waals surface area contributed by atoms with Gasteiger partial charge in [0.05, 0.1) is 21.7 Å². The molecule has 1 aromatic heterocycles. The first-order chi connectivity index (χ1) is 14.9. The van der Waals surface area contributed by atoms with Gasteiger partial charge in [-0.25, -0.2) is 13.6 Å². The number of aromatic nitrogens is 1. The van der Waals surface area contributed by atoms with Gasteiger partial charge < -0.3 is 18.8 Å². The molecule has 0 saturated carbocycles. The zero-order valence-electron chi connectivity index (χ0n) is 16.7. The number of fused-ring (bicyclic) bond motifs is 2. The van der Waals surface area contributed by atoms with E-state index in [1.54, 1.807) is 24.3 Å². The number of carbonyl (C=O) groups is 1. The fourth-order valence-corrected chi connectivity index (χ4v) is 4.85. The van der Waals surface area contributed by atoms with Gasteiger partial charge in [-0.05, 0) is 37.3 Å². The second-order valence-corrected chi connectivity index (χ2v) is 9.29. The number of amides is 1. The molecule has 11 heteroatoms. The van der Waals surface area contributed by atoms with Crippen LogP contribution in [0.3, 0.4) is 0 Å². The van der Waals surface area contributed by atoms with Gasteiger partial charge in [-0.2, -0.15) is 4.99 Å². The van der Waals surface area contributed by atoms with Crippen molar-refractivity contribution < 1.29 is 27.4 Å². The third kappa shape index (κ3) is 4.64. The number of thiazole rings is 1. The van der Waals surface area contributed by atoms with Crippen molar-refractivity contribution in [2.75, 3.05) is 19.8 Å². The van der Waals surface area contributed by atoms with Gasteiger partial charge in [0, 0.05) is 13.2 Å². The molecule has 0 saturated heterocycles. The van der Waals surface area contributed by atoms with Crippen molar-refractivity contribution in [3.05, 3.63) is 47.3 Å². The van der Waals surface area contributed by atoms with Gasteiger partial charge in [-0.1, -0.05) is 23.5 Å². The van der Waals surface area contributed by atoms with Crippen LogP contribution in [-0.2, 0) is 26.1 Å². The van der Waals surface area contributed by atoms with Gasteiger partial charge in [-0.15, -0.1) is 0 Å². The molecular formula is C20H21N3O6S2. The number of nitrogens with zero attached hydrogens (tertiary/aromatic N) is 2. The van der Waals surface area contributed by atoms with Crippen LogP contribution in [0.1, 0.15) is 6.92 Å². The summed E-state index contributed by atoms with van der Waals surface area (Å²) in [5, 5.41) is 5.25. The number of ether oxygens (including phenoxy) is 3. The lowest BCUT2D eigenvalue weighted by Crippen LogP contribution is -2.37. The molecule has 0 radical (unpaired) electrons. The Bertz CT molecular complexity index is 1300. The molecule has 0 spiro atoms. The third-order valence-electron chi connectivity index (χ3n) is 4.64. The highest BCUT2D eigenvalue weighted by molar-refractivity contribution is 7.89. The van der Waals surface area contributed by atoms with Gasteiger partial charge >= 0.3 is 0 Å². The lowest BCUT2D eigenvalue weighted by Gasteiger charge is -2.23. The zero-order chi connectivity index (χ0) is 22.0. The van der Waals surface area contributed by atoms with Crippen LogP contribution in [0.4, 0.5) is 0 Å². The second-order valence-electron chi connectivity index (χ2n) is 6.72. The molecule has 31 heavy (non-hydrogen) atoms. The van der Waals surface area contributed by atoms with Crippen molar-refractivity contribution in [2.45, 2.75) is 24.5 Å². The van der Waals surface area contributed by atoms with Gasteiger partial charge in [0.15, 0.2) is 16.3 Å². The number of para-hydroxylation sites is 2. The van der Waals surface area contributed by atoms with E-state index in [1.807, 2.05) is 17.6 Å². The maximum Gasteiger partial charge on any atom is 0.292 e. The summed E-state index contributed by atoms with van der Waals surface area (Å²) in [5.41, 5.74) is 0.731. The summed E-state index contributed by atoms with van der Waals surface area (Å²) in [5.74, 6) is 0.578. The minimum Gasteiger partial charge on any atom is -0.485 e. The zero-order valence-corrected chi connectivity index (χ0v) is 18.3. The molecule has 0 aliphatic carbocycles. The van der Waals surface area contributed by atoms with Crippen molar-refractivity contribution in [3.63, 3.8) is 0 Å². The third-order valence-corrected chi connectivity index (χ3v) is 6.59. The number of hydrogen-bond donors (Lipinski definition) is 1. The van der Waals surface area contributed by atoms with E-state index in [1.165, 1.54) is 23.5 Å². The first-order valence-corrected chi connectivity index (χ1v) is 11.9. The van der Waals surface area contributed by atoms with Crippen LogP contribution in [0.5, 0.6) is 11.5 Å². The van der Waals surface area contributed by atoms with Crippen LogP contribution < -0.4 is 19.4 Å². The fourth-order valence-electron chi connectivity index (χ4n) is 3.14. The maximum atomic E-state index is 12.8. The Labute approximate surface area is 182 Å². The van der Waals surface area contributed by atoms with E-state index in [0.29, 0.717) is 40.8 Å². The fraction of sp³-hybridized carbons (Fsp3) is 0.300. The summed E-state index contributed by atoms with van der Waals surface area (Å²) in [6.45, 7) is 3.35. The molecule has 9 nitrogen and oxygen atoms in total. The predicted octanol–water partition coefficient (Wildman–Crippen LogP) is 1.65. The van der Waals surface area contributed by atoms with Gasteiger partial charge in [0.1, 0.15) is 6.61 Å². The van der Waals surface area contributed by atoms with E-state index in [0.717, 1.165) is 5.52 Å². The number of primary sulfonamides is 1. The molecule has 1 amide bonds. The first-order valence-electron chi connectivity index (χ1n) is 9.58. The van der Waals surface area contributed by atoms with E-state index in [9.17, 15) is 13.2 Å². The summed E-state index contributed by atoms with van der Waals surface area (Å²) in [6, 6.07) is 11.7. The highest BCUT2D eigenvalue weighted by atomic mass is 32.2. The Kier molecular flexibility index (Phi) is 6.10. The topological polar surface area (TPSA) is 122 Å². The molecule has 1 aliphatic heterocycles. The molecule has 2 aromatic carbocycles. The number of sulfonamides is 1. The van der Waals surface area contributed by atoms with E-state index >= 15 is 0 Å². The van der Waals surface area contributed by atoms with Crippen molar-refractivity contribution >= 4 is 37.5 Å². The Balaban J connectivity index is 1.71. The SMILES string of the molecule is CCOCCn1c(=NC(=O)C2COc3ccccc3O2)sc2cc(S(N)(=O)=O)ccc21. The summed E-state index contributed by atoms with van der Waals surface area (Å²) in [4.78, 5) is 17.5. The quantitative estimate of drug-likeness (QED) is 0.555. The molecule has 1 atom stereocenters. The molecule has 1 aliphatic rings. The second kappa shape index (κ2) is 8.79. The Morgan fingerprint density at radius 1 is 1.29 bits per heavy atom. The lowest BCUT2D eigenvalue weighted by molar-refractivity contribution is -0.127. The summed E-state index contributed by atoms with van der Waals surface area (Å²) in [6.07, 6.45) is -0.875. The average Bonchev–Trinajstić information content (AvgIpc) is 3.09. The normalized spacial score (nSPS) is 16.6. The smallest absolute Gasteiger partial charge is 0.292 e. The van der Waals surface area contributed by atoms with E-state index < -0.39 is 22.0 Å². The van der Waals surface area contributed by atoms with E-state index in [-0.39, 0.29) is 11.5 Å². The standard InChI is InChI=1S/C20H21N3O6S2/c1-2-27-10-9-23-14-8-7-13(31(21,25)26)11-18(14)30-20(23)22-19(24)17-12-28-15-5-3-4-6-16(15)29-17/h3-8,11,17H,2,9-10,12H2,1H3,(H2,21,25,26). The summed E-state index contributed by atoms with van der Waals surface area (Å²) < 4.78 is 42.7. The van der Waals surface area contributed by atoms with E-state index in [2.05, 4.69) is 4.99 Å². The van der Waals surface area contributed by atoms with Crippen LogP contribution >= 0.6 is 11.3 Å². The number of rotatable bonds is 6. The number of nitrogens with two attached hydrogens (primary N) is 1. The minimum atomic E-state index is -3.85. The van der Waals surface area contributed by atoms with Gasteiger partial charge in [0.25, 0.3) is 5.91 Å². The van der Waals surface area contributed by atoms with Gasteiger partial charge in [-0.3, -0.25) is 4.79 Å². The number of hydrogen-bond acceptors (Lipinski definition) is 7. The Morgan fingerprint density at radius 3 is 2.81 bits per heavy atom. The number of carbonyl (C=O) groups excluding carboxylic acids is 1. The molecule has 0 fully saturated rings. The Hall–Kier alpha value is -2.73. The van der Waals surface area contributed by atoms with Crippen LogP contribution in [-0.4, -0.2) is 44.8 Å². The molecule has 4 rings (SSSR count). The van der Waals surface area contributed by atoms with E-state index in [4.69, 9.17) is 19.3 Å². The predicted molar refractivity (Wildman–Crippen MR) is 115 cm³/mol. The molecule has 2 heterocycles. The van der Waals surface area contributed by atoms with Crippen LogP contribution in [0, 0.1) is 0 Å². The monoisotopic (exact) mass is 463 g/mol. The van der Waals surface area contributed by atoms with Crippen molar-refractivity contribution in [3.8, 4) is 11.5 Å². The Morgan fingerprint density at radius 2 is 2.06 bits per heavy atom. The maximum absolute atomic E-state index is 12.8. The first kappa shape index (κ1) is 21.5. The minimum absolute atomic E-state index is 0.00305. The van der Waals surface area contributed by atoms with Crippen molar-refractivity contribution in [2.24, 2.45) is 10.1 Å². The van der Waals surface area contributed by atoms with Crippen molar-refractivity contribution in [1.29, 1.82) is 0 Å². The summed E-state index contributed by atoms with van der Waals surface area (Å²) >= 11 is 1.19.